The van der Waals surface area contributed by atoms with E-state index in [1.807, 2.05) is 48.2 Å². The van der Waals surface area contributed by atoms with Crippen LogP contribution in [0.3, 0.4) is 0 Å². The summed E-state index contributed by atoms with van der Waals surface area (Å²) in [6.45, 7) is 6.15. The van der Waals surface area contributed by atoms with Gasteiger partial charge in [-0.1, -0.05) is 72.4 Å². The van der Waals surface area contributed by atoms with E-state index in [2.05, 4.69) is 34.1 Å². The summed E-state index contributed by atoms with van der Waals surface area (Å²) >= 11 is 1.41. The highest BCUT2D eigenvalue weighted by Gasteiger charge is 2.26. The average molecular weight is 422 g/mol. The van der Waals surface area contributed by atoms with Crippen LogP contribution in [-0.4, -0.2) is 56.8 Å². The highest BCUT2D eigenvalue weighted by atomic mass is 32.2. The van der Waals surface area contributed by atoms with Crippen LogP contribution < -0.4 is 5.84 Å². The summed E-state index contributed by atoms with van der Waals surface area (Å²) < 4.78 is 1.51. The van der Waals surface area contributed by atoms with Crippen molar-refractivity contribution in [3.8, 4) is 11.3 Å². The van der Waals surface area contributed by atoms with E-state index in [0.29, 0.717) is 5.16 Å². The zero-order chi connectivity index (χ0) is 20.9. The number of carbonyl (C=O) groups excluding carboxylic acids is 1. The van der Waals surface area contributed by atoms with Crippen molar-refractivity contribution in [1.82, 2.24) is 19.5 Å². The molecule has 2 N–H and O–H groups in total. The van der Waals surface area contributed by atoms with Crippen LogP contribution in [0.4, 0.5) is 0 Å². The van der Waals surface area contributed by atoms with Crippen molar-refractivity contribution >= 4 is 17.7 Å². The van der Waals surface area contributed by atoms with Gasteiger partial charge in [-0.15, -0.1) is 0 Å². The number of aromatic nitrogens is 2. The first-order chi connectivity index (χ1) is 14.6. The van der Waals surface area contributed by atoms with Crippen LogP contribution in [-0.2, 0) is 11.3 Å². The van der Waals surface area contributed by atoms with Gasteiger partial charge in [-0.2, -0.15) is 0 Å². The second-order valence-corrected chi connectivity index (χ2v) is 8.84. The number of benzene rings is 2. The summed E-state index contributed by atoms with van der Waals surface area (Å²) in [6, 6.07) is 20.4. The Kier molecular flexibility index (Phi) is 6.40. The largest absolute Gasteiger partial charge is 0.339 e. The minimum Gasteiger partial charge on any atom is -0.339 e. The van der Waals surface area contributed by atoms with Gasteiger partial charge in [0.25, 0.3) is 0 Å². The number of hydrogen-bond donors (Lipinski definition) is 1. The summed E-state index contributed by atoms with van der Waals surface area (Å²) in [5.41, 5.74) is 3.14. The molecule has 1 atom stereocenters. The van der Waals surface area contributed by atoms with E-state index in [4.69, 9.17) is 5.84 Å². The molecule has 0 aliphatic carbocycles. The number of amides is 1. The molecule has 2 heterocycles. The molecule has 156 valence electrons. The fraction of sp³-hybridized carbons (Fsp3) is 0.304. The van der Waals surface area contributed by atoms with E-state index in [1.54, 1.807) is 6.20 Å². The second-order valence-electron chi connectivity index (χ2n) is 7.53. The summed E-state index contributed by atoms with van der Waals surface area (Å²) in [5.74, 6) is 6.24. The number of nitrogen functional groups attached to an aromatic ring is 1. The number of rotatable bonds is 6. The molecule has 2 aromatic carbocycles. The van der Waals surface area contributed by atoms with Crippen LogP contribution in [0, 0.1) is 0 Å². The lowest BCUT2D eigenvalue weighted by molar-refractivity contribution is -0.132. The lowest BCUT2D eigenvalue weighted by Crippen LogP contribution is -2.50. The Labute approximate surface area is 181 Å². The Morgan fingerprint density at radius 2 is 1.67 bits per heavy atom. The van der Waals surface area contributed by atoms with Gasteiger partial charge >= 0.3 is 0 Å². The Morgan fingerprint density at radius 1 is 1.03 bits per heavy atom. The van der Waals surface area contributed by atoms with Crippen molar-refractivity contribution in [2.45, 2.75) is 23.9 Å². The van der Waals surface area contributed by atoms with Crippen molar-refractivity contribution < 1.29 is 4.79 Å². The quantitative estimate of drug-likeness (QED) is 0.489. The normalized spacial score (nSPS) is 15.8. The van der Waals surface area contributed by atoms with Crippen LogP contribution in [0.15, 0.2) is 72.0 Å². The van der Waals surface area contributed by atoms with Gasteiger partial charge in [-0.05, 0) is 12.5 Å². The molecule has 7 heteroatoms. The first kappa shape index (κ1) is 20.5. The van der Waals surface area contributed by atoms with Crippen LogP contribution in [0.25, 0.3) is 11.3 Å². The smallest absolute Gasteiger partial charge is 0.235 e. The highest BCUT2D eigenvalue weighted by molar-refractivity contribution is 8.00. The Morgan fingerprint density at radius 3 is 2.33 bits per heavy atom. The molecular weight excluding hydrogens is 394 g/mol. The number of imidazole rings is 1. The first-order valence-corrected chi connectivity index (χ1v) is 11.1. The molecule has 1 unspecified atom stereocenters. The molecule has 3 aromatic rings. The van der Waals surface area contributed by atoms with Gasteiger partial charge in [0.05, 0.1) is 17.1 Å². The minimum absolute atomic E-state index is 0.142. The maximum absolute atomic E-state index is 13.0. The molecule has 1 aromatic heterocycles. The fourth-order valence-corrected chi connectivity index (χ4v) is 4.54. The van der Waals surface area contributed by atoms with Gasteiger partial charge in [-0.25, -0.2) is 9.66 Å². The van der Waals surface area contributed by atoms with Crippen molar-refractivity contribution in [2.24, 2.45) is 0 Å². The van der Waals surface area contributed by atoms with Crippen molar-refractivity contribution in [1.29, 1.82) is 0 Å². The molecular formula is C23H27N5OS. The molecule has 1 saturated heterocycles. The number of thioether (sulfide) groups is 1. The zero-order valence-electron chi connectivity index (χ0n) is 17.1. The maximum atomic E-state index is 13.0. The SMILES string of the molecule is CC(Sc1nc(-c2ccccc2)cn1N)C(=O)N1CCN(Cc2ccccc2)CC1. The predicted octanol–water partition coefficient (Wildman–Crippen LogP) is 3.09. The number of hydrogen-bond acceptors (Lipinski definition) is 5. The molecule has 0 saturated carbocycles. The summed E-state index contributed by atoms with van der Waals surface area (Å²) in [7, 11) is 0. The van der Waals surface area contributed by atoms with Gasteiger partial charge in [0.1, 0.15) is 0 Å². The Balaban J connectivity index is 1.32. The highest BCUT2D eigenvalue weighted by Crippen LogP contribution is 2.27. The minimum atomic E-state index is -0.237. The molecule has 30 heavy (non-hydrogen) atoms. The Hall–Kier alpha value is -2.77. The molecule has 1 aliphatic heterocycles. The molecule has 1 aliphatic rings. The van der Waals surface area contributed by atoms with E-state index in [9.17, 15) is 4.79 Å². The number of nitrogens with zero attached hydrogens (tertiary/aromatic N) is 4. The predicted molar refractivity (Wildman–Crippen MR) is 121 cm³/mol. The van der Waals surface area contributed by atoms with Crippen molar-refractivity contribution in [3.05, 3.63) is 72.4 Å². The zero-order valence-corrected chi connectivity index (χ0v) is 18.0. The second kappa shape index (κ2) is 9.36. The molecule has 0 bridgehead atoms. The number of carbonyl (C=O) groups is 1. The monoisotopic (exact) mass is 421 g/mol. The Bertz CT molecular complexity index is 968. The van der Waals surface area contributed by atoms with E-state index in [0.717, 1.165) is 44.0 Å². The molecule has 4 rings (SSSR count). The van der Waals surface area contributed by atoms with E-state index in [-0.39, 0.29) is 11.2 Å². The van der Waals surface area contributed by atoms with Crippen LogP contribution in [0.5, 0.6) is 0 Å². The van der Waals surface area contributed by atoms with E-state index >= 15 is 0 Å². The summed E-state index contributed by atoms with van der Waals surface area (Å²) in [4.78, 5) is 22.0. The third-order valence-electron chi connectivity index (χ3n) is 5.33. The standard InChI is InChI=1S/C23H27N5OS/c1-18(30-23-25-21(17-28(23)24)20-10-6-3-7-11-20)22(29)27-14-12-26(13-15-27)16-19-8-4-2-5-9-19/h2-11,17-18H,12-16,24H2,1H3. The van der Waals surface area contributed by atoms with Gasteiger partial charge in [0, 0.05) is 38.3 Å². The molecule has 0 spiro atoms. The molecule has 6 nitrogen and oxygen atoms in total. The van der Waals surface area contributed by atoms with Gasteiger partial charge in [0.2, 0.25) is 5.91 Å². The summed E-state index contributed by atoms with van der Waals surface area (Å²) in [6.07, 6.45) is 1.80. The van der Waals surface area contributed by atoms with Crippen molar-refractivity contribution in [2.75, 3.05) is 32.0 Å². The number of nitrogens with two attached hydrogens (primary N) is 1. The lowest BCUT2D eigenvalue weighted by atomic mass is 10.2. The maximum Gasteiger partial charge on any atom is 0.235 e. The summed E-state index contributed by atoms with van der Waals surface area (Å²) in [5, 5.41) is 0.413. The third-order valence-corrected chi connectivity index (χ3v) is 6.40. The molecule has 1 fully saturated rings. The van der Waals surface area contributed by atoms with Crippen LogP contribution in [0.2, 0.25) is 0 Å². The lowest BCUT2D eigenvalue weighted by Gasteiger charge is -2.35. The van der Waals surface area contributed by atoms with Gasteiger partial charge < -0.3 is 10.7 Å². The average Bonchev–Trinajstić information content (AvgIpc) is 3.15. The fourth-order valence-electron chi connectivity index (χ4n) is 3.65. The van der Waals surface area contributed by atoms with Gasteiger partial charge in [0.15, 0.2) is 5.16 Å². The van der Waals surface area contributed by atoms with E-state index in [1.165, 1.54) is 22.0 Å². The first-order valence-electron chi connectivity index (χ1n) is 10.2. The van der Waals surface area contributed by atoms with Crippen LogP contribution in [0.1, 0.15) is 12.5 Å². The molecule has 0 radical (unpaired) electrons. The van der Waals surface area contributed by atoms with Crippen molar-refractivity contribution in [3.63, 3.8) is 0 Å². The van der Waals surface area contributed by atoms with E-state index < -0.39 is 0 Å². The molecule has 1 amide bonds. The van der Waals surface area contributed by atoms with Crippen LogP contribution >= 0.6 is 11.8 Å². The topological polar surface area (TPSA) is 67.4 Å². The third kappa shape index (κ3) is 4.86. The number of piperazine rings is 1. The van der Waals surface area contributed by atoms with Gasteiger partial charge in [-0.3, -0.25) is 9.69 Å².